The Morgan fingerprint density at radius 3 is 1.89 bits per heavy atom. The Kier molecular flexibility index (Phi) is 12.4. The number of anilines is 1. The highest BCUT2D eigenvalue weighted by Gasteiger charge is 2.35. The molecule has 0 radical (unpaired) electrons. The van der Waals surface area contributed by atoms with Crippen molar-refractivity contribution in [2.24, 2.45) is 10.8 Å². The van der Waals surface area contributed by atoms with Crippen LogP contribution in [0.2, 0.25) is 10.0 Å². The van der Waals surface area contributed by atoms with E-state index in [1.54, 1.807) is 77.9 Å². The summed E-state index contributed by atoms with van der Waals surface area (Å²) in [5.74, 6) is -1.56. The number of esters is 2. The first-order valence-corrected chi connectivity index (χ1v) is 17.6. The zero-order valence-electron chi connectivity index (χ0n) is 26.6. The molecular weight excluding hydrogens is 678 g/mol. The van der Waals surface area contributed by atoms with Gasteiger partial charge in [-0.15, -0.1) is 0 Å². The molecule has 0 aliphatic carbocycles. The number of benzene rings is 3. The summed E-state index contributed by atoms with van der Waals surface area (Å²) in [5.41, 5.74) is -1.05. The van der Waals surface area contributed by atoms with Crippen LogP contribution in [-0.2, 0) is 43.7 Å². The first-order valence-electron chi connectivity index (χ1n) is 14.0. The highest BCUT2D eigenvalue weighted by atomic mass is 35.5. The van der Waals surface area contributed by atoms with E-state index in [4.69, 9.17) is 41.7 Å². The second kappa shape index (κ2) is 15.3. The molecule has 1 N–H and O–H groups in total. The topological polar surface area (TPSA) is 138 Å². The molecule has 3 rings (SSSR count). The van der Waals surface area contributed by atoms with Gasteiger partial charge in [-0.1, -0.05) is 41.4 Å². The number of hydrogen-bond donors (Lipinski definition) is 1. The minimum atomic E-state index is -4.40. The van der Waals surface area contributed by atoms with Crippen molar-refractivity contribution in [2.75, 3.05) is 31.2 Å². The van der Waals surface area contributed by atoms with Gasteiger partial charge in [0.05, 0.1) is 21.4 Å². The standard InChI is InChI=1S/C31H37Cl2N2O9PS/c1-30(2,3)28(37)41-18-43-45(39,44-19-42-29(38)31(4,5)6)17-35(46(40)24-15-21(32)14-22(33)16-24)23-11-12-25-20(13-23)9-8-10-26(25)27(36)34-7/h8-16H,17-19H2,1-7H3,(H,34,36). The molecule has 46 heavy (non-hydrogen) atoms. The van der Waals surface area contributed by atoms with Crippen LogP contribution in [0.3, 0.4) is 0 Å². The van der Waals surface area contributed by atoms with Crippen molar-refractivity contribution in [3.63, 3.8) is 0 Å². The summed E-state index contributed by atoms with van der Waals surface area (Å²) >= 11 is 12.4. The summed E-state index contributed by atoms with van der Waals surface area (Å²) in [6.45, 7) is 8.26. The second-order valence-electron chi connectivity index (χ2n) is 12.1. The third-order valence-corrected chi connectivity index (χ3v) is 9.90. The first kappa shape index (κ1) is 37.5. The number of hydrogen-bond acceptors (Lipinski definition) is 9. The fraction of sp³-hybridized carbons (Fsp3) is 0.387. The number of ether oxygens (including phenoxy) is 2. The van der Waals surface area contributed by atoms with Crippen LogP contribution in [0.4, 0.5) is 5.69 Å². The summed E-state index contributed by atoms with van der Waals surface area (Å²) in [5, 5.41) is 4.25. The van der Waals surface area contributed by atoms with E-state index in [0.29, 0.717) is 22.0 Å². The van der Waals surface area contributed by atoms with Crippen molar-refractivity contribution in [3.8, 4) is 0 Å². The van der Waals surface area contributed by atoms with Crippen LogP contribution in [0.5, 0.6) is 0 Å². The molecule has 0 spiro atoms. The fourth-order valence-corrected chi connectivity index (χ4v) is 7.43. The molecule has 0 saturated heterocycles. The van der Waals surface area contributed by atoms with Crippen LogP contribution in [0.15, 0.2) is 59.5 Å². The normalized spacial score (nSPS) is 12.8. The van der Waals surface area contributed by atoms with E-state index in [1.165, 1.54) is 29.6 Å². The van der Waals surface area contributed by atoms with E-state index in [9.17, 15) is 23.2 Å². The van der Waals surface area contributed by atoms with Crippen molar-refractivity contribution < 1.29 is 41.7 Å². The molecule has 0 aliphatic rings. The third kappa shape index (κ3) is 10.0. The quantitative estimate of drug-likeness (QED) is 0.116. The van der Waals surface area contributed by atoms with Gasteiger partial charge >= 0.3 is 19.5 Å². The van der Waals surface area contributed by atoms with Crippen LogP contribution in [0.1, 0.15) is 51.9 Å². The molecule has 0 aliphatic heterocycles. The average Bonchev–Trinajstić information content (AvgIpc) is 2.97. The van der Waals surface area contributed by atoms with Crippen LogP contribution in [0.25, 0.3) is 10.8 Å². The lowest BCUT2D eigenvalue weighted by molar-refractivity contribution is -0.162. The lowest BCUT2D eigenvalue weighted by Gasteiger charge is -2.28. The Morgan fingerprint density at radius 1 is 0.848 bits per heavy atom. The number of halogens is 2. The monoisotopic (exact) mass is 714 g/mol. The third-order valence-electron chi connectivity index (χ3n) is 6.27. The molecule has 0 fully saturated rings. The van der Waals surface area contributed by atoms with Crippen molar-refractivity contribution in [2.45, 2.75) is 46.4 Å². The van der Waals surface area contributed by atoms with Crippen LogP contribution in [0, 0.1) is 10.8 Å². The SMILES string of the molecule is CNC(=O)c1cccc2cc(N(CP(=O)(OCOC(=O)C(C)(C)C)OCOC(=O)C(C)(C)C)S(=O)c3cc(Cl)cc(Cl)c3)ccc12. The van der Waals surface area contributed by atoms with Crippen molar-refractivity contribution in [1.29, 1.82) is 0 Å². The smallest absolute Gasteiger partial charge is 0.356 e. The molecule has 0 aromatic heterocycles. The molecule has 1 amide bonds. The summed E-state index contributed by atoms with van der Waals surface area (Å²) in [7, 11) is -5.00. The second-order valence-corrected chi connectivity index (χ2v) is 16.4. The predicted molar refractivity (Wildman–Crippen MR) is 178 cm³/mol. The molecular formula is C31H37Cl2N2O9PS. The van der Waals surface area contributed by atoms with Gasteiger partial charge in [-0.05, 0) is 88.7 Å². The zero-order chi connectivity index (χ0) is 34.4. The zero-order valence-corrected chi connectivity index (χ0v) is 29.8. The van der Waals surface area contributed by atoms with Crippen molar-refractivity contribution in [3.05, 3.63) is 70.2 Å². The number of rotatable bonds is 12. The van der Waals surface area contributed by atoms with Gasteiger partial charge in [0.25, 0.3) is 5.91 Å². The highest BCUT2D eigenvalue weighted by molar-refractivity contribution is 7.87. The summed E-state index contributed by atoms with van der Waals surface area (Å²) in [4.78, 5) is 37.4. The number of carbonyl (C=O) groups is 3. The van der Waals surface area contributed by atoms with E-state index in [0.717, 1.165) is 0 Å². The van der Waals surface area contributed by atoms with Gasteiger partial charge in [0, 0.05) is 22.7 Å². The maximum atomic E-state index is 14.3. The maximum absolute atomic E-state index is 14.3. The largest absolute Gasteiger partial charge is 0.438 e. The Labute approximate surface area is 280 Å². The highest BCUT2D eigenvalue weighted by Crippen LogP contribution is 2.50. The number of carbonyl (C=O) groups excluding carboxylic acids is 3. The lowest BCUT2D eigenvalue weighted by atomic mass is 9.98. The number of amides is 1. The van der Waals surface area contributed by atoms with Gasteiger partial charge in [-0.3, -0.25) is 32.3 Å². The van der Waals surface area contributed by atoms with Gasteiger partial charge in [-0.2, -0.15) is 0 Å². The molecule has 1 unspecified atom stereocenters. The van der Waals surface area contributed by atoms with E-state index in [-0.39, 0.29) is 20.8 Å². The van der Waals surface area contributed by atoms with E-state index in [2.05, 4.69) is 5.32 Å². The first-order chi connectivity index (χ1) is 21.3. The van der Waals surface area contributed by atoms with Crippen molar-refractivity contribution >= 4 is 76.1 Å². The van der Waals surface area contributed by atoms with Gasteiger partial charge < -0.3 is 14.8 Å². The Hall–Kier alpha value is -2.99. The number of nitrogens with zero attached hydrogens (tertiary/aromatic N) is 1. The van der Waals surface area contributed by atoms with Gasteiger partial charge in [0.2, 0.25) is 13.6 Å². The lowest BCUT2D eigenvalue weighted by Crippen LogP contribution is -2.30. The van der Waals surface area contributed by atoms with E-state index >= 15 is 0 Å². The van der Waals surface area contributed by atoms with Crippen LogP contribution < -0.4 is 9.62 Å². The molecule has 0 bridgehead atoms. The van der Waals surface area contributed by atoms with Crippen LogP contribution >= 0.6 is 30.8 Å². The Balaban J connectivity index is 2.08. The van der Waals surface area contributed by atoms with Crippen molar-refractivity contribution in [1.82, 2.24) is 5.32 Å². The molecule has 250 valence electrons. The minimum absolute atomic E-state index is 0.168. The molecule has 11 nitrogen and oxygen atoms in total. The summed E-state index contributed by atoms with van der Waals surface area (Å²) in [6.07, 6.45) is -0.662. The molecule has 0 saturated carbocycles. The molecule has 0 heterocycles. The fourth-order valence-electron chi connectivity index (χ4n) is 3.77. The summed E-state index contributed by atoms with van der Waals surface area (Å²) < 4.78 is 51.0. The minimum Gasteiger partial charge on any atom is -0.438 e. The Morgan fingerprint density at radius 2 is 1.39 bits per heavy atom. The van der Waals surface area contributed by atoms with E-state index in [1.807, 2.05) is 0 Å². The maximum Gasteiger partial charge on any atom is 0.356 e. The van der Waals surface area contributed by atoms with Crippen LogP contribution in [-0.4, -0.2) is 49.0 Å². The predicted octanol–water partition coefficient (Wildman–Crippen LogP) is 7.31. The molecule has 1 atom stereocenters. The van der Waals surface area contributed by atoms with Gasteiger partial charge in [-0.25, -0.2) is 4.21 Å². The Bertz CT molecular complexity index is 1630. The number of fused-ring (bicyclic) bond motifs is 1. The van der Waals surface area contributed by atoms with Gasteiger partial charge in [0.15, 0.2) is 11.0 Å². The van der Waals surface area contributed by atoms with E-state index < -0.39 is 61.2 Å². The molecule has 3 aromatic rings. The average molecular weight is 716 g/mol. The molecule has 15 heteroatoms. The number of nitrogens with one attached hydrogen (secondary N) is 1. The van der Waals surface area contributed by atoms with Gasteiger partial charge in [0.1, 0.15) is 6.29 Å². The summed E-state index contributed by atoms with van der Waals surface area (Å²) in [6, 6.07) is 14.3. The molecule has 3 aromatic carbocycles.